The predicted octanol–water partition coefficient (Wildman–Crippen LogP) is 2.56. The largest absolute Gasteiger partial charge is 0.264 e. The van der Waals surface area contributed by atoms with Crippen LogP contribution in [0, 0.1) is 0 Å². The third kappa shape index (κ3) is 3.12. The normalized spacial score (nSPS) is 11.7. The van der Waals surface area contributed by atoms with Crippen LogP contribution in [0.4, 0.5) is 0 Å². The lowest BCUT2D eigenvalue weighted by Gasteiger charge is -2.17. The van der Waals surface area contributed by atoms with Gasteiger partial charge in [-0.3, -0.25) is 4.98 Å². The van der Waals surface area contributed by atoms with Gasteiger partial charge in [0.15, 0.2) is 0 Å². The lowest BCUT2D eigenvalue weighted by molar-refractivity contribution is 0.466. The average molecular weight is 297 g/mol. The highest BCUT2D eigenvalue weighted by Gasteiger charge is 2.23. The fourth-order valence-corrected chi connectivity index (χ4v) is 3.30. The molecule has 0 aliphatic rings. The molecule has 0 saturated heterocycles. The molecule has 0 N–H and O–H groups in total. The summed E-state index contributed by atoms with van der Waals surface area (Å²) in [6, 6.07) is 10.00. The van der Waals surface area contributed by atoms with E-state index in [-0.39, 0.29) is 16.5 Å². The third-order valence-electron chi connectivity index (χ3n) is 2.65. The first-order chi connectivity index (χ1) is 9.01. The molecule has 0 saturated carbocycles. The van der Waals surface area contributed by atoms with E-state index >= 15 is 0 Å². The van der Waals surface area contributed by atoms with Crippen molar-refractivity contribution in [3.05, 3.63) is 59.4 Å². The van der Waals surface area contributed by atoms with E-state index in [1.165, 1.54) is 17.4 Å². The summed E-state index contributed by atoms with van der Waals surface area (Å²) < 4.78 is 26.0. The maximum absolute atomic E-state index is 12.4. The maximum Gasteiger partial charge on any atom is 0.244 e. The minimum Gasteiger partial charge on any atom is -0.264 e. The average Bonchev–Trinajstić information content (AvgIpc) is 2.40. The molecule has 6 heteroatoms. The zero-order chi connectivity index (χ0) is 13.9. The van der Waals surface area contributed by atoms with Crippen molar-refractivity contribution in [3.8, 4) is 0 Å². The van der Waals surface area contributed by atoms with Crippen LogP contribution in [0.25, 0.3) is 0 Å². The Morgan fingerprint density at radius 2 is 1.95 bits per heavy atom. The first-order valence-electron chi connectivity index (χ1n) is 5.61. The van der Waals surface area contributed by atoms with Crippen molar-refractivity contribution in [2.24, 2.45) is 0 Å². The Labute approximate surface area is 117 Å². The maximum atomic E-state index is 12.4. The Bertz CT molecular complexity index is 659. The molecule has 0 fully saturated rings. The molecule has 0 amide bonds. The van der Waals surface area contributed by atoms with Crippen LogP contribution in [-0.2, 0) is 16.6 Å². The number of aromatic nitrogens is 1. The lowest BCUT2D eigenvalue weighted by Crippen LogP contribution is -2.26. The molecule has 0 bridgehead atoms. The molecule has 0 spiro atoms. The molecule has 0 radical (unpaired) electrons. The van der Waals surface area contributed by atoms with Gasteiger partial charge in [-0.15, -0.1) is 0 Å². The Morgan fingerprint density at radius 1 is 1.21 bits per heavy atom. The molecule has 2 aromatic rings. The number of hydrogen-bond acceptors (Lipinski definition) is 3. The van der Waals surface area contributed by atoms with Gasteiger partial charge in [-0.2, -0.15) is 4.31 Å². The monoisotopic (exact) mass is 296 g/mol. The molecule has 100 valence electrons. The molecular weight excluding hydrogens is 284 g/mol. The highest BCUT2D eigenvalue weighted by molar-refractivity contribution is 7.89. The Kier molecular flexibility index (Phi) is 4.19. The number of rotatable bonds is 4. The van der Waals surface area contributed by atoms with Crippen molar-refractivity contribution in [1.82, 2.24) is 9.29 Å². The fraction of sp³-hybridized carbons (Fsp3) is 0.154. The summed E-state index contributed by atoms with van der Waals surface area (Å²) in [5.41, 5.74) is 0.820. The molecule has 2 rings (SSSR count). The molecule has 1 aromatic carbocycles. The molecule has 19 heavy (non-hydrogen) atoms. The SMILES string of the molecule is CN(Cc1cccnc1)S(=O)(=O)c1ccccc1Cl. The molecule has 4 nitrogen and oxygen atoms in total. The van der Waals surface area contributed by atoms with Gasteiger partial charge in [-0.25, -0.2) is 8.42 Å². The second kappa shape index (κ2) is 5.69. The van der Waals surface area contributed by atoms with Gasteiger partial charge in [-0.05, 0) is 23.8 Å². The third-order valence-corrected chi connectivity index (χ3v) is 4.96. The summed E-state index contributed by atoms with van der Waals surface area (Å²) in [5, 5.41) is 0.223. The topological polar surface area (TPSA) is 50.3 Å². The smallest absolute Gasteiger partial charge is 0.244 e. The van der Waals surface area contributed by atoms with E-state index in [0.717, 1.165) is 5.56 Å². The number of sulfonamides is 1. The van der Waals surface area contributed by atoms with Crippen LogP contribution in [-0.4, -0.2) is 24.8 Å². The number of benzene rings is 1. The van der Waals surface area contributed by atoms with Crippen molar-refractivity contribution < 1.29 is 8.42 Å². The molecule has 0 aliphatic carbocycles. The van der Waals surface area contributed by atoms with Gasteiger partial charge in [0.1, 0.15) is 4.90 Å². The zero-order valence-corrected chi connectivity index (χ0v) is 11.9. The van der Waals surface area contributed by atoms with Crippen LogP contribution in [0.15, 0.2) is 53.7 Å². The van der Waals surface area contributed by atoms with E-state index in [1.54, 1.807) is 36.7 Å². The minimum atomic E-state index is -3.59. The predicted molar refractivity (Wildman–Crippen MR) is 74.3 cm³/mol. The second-order valence-electron chi connectivity index (χ2n) is 4.05. The van der Waals surface area contributed by atoms with Crippen molar-refractivity contribution in [2.45, 2.75) is 11.4 Å². The number of pyridine rings is 1. The van der Waals surface area contributed by atoms with Crippen molar-refractivity contribution >= 4 is 21.6 Å². The summed E-state index contributed by atoms with van der Waals surface area (Å²) in [6.45, 7) is 0.251. The molecule has 1 heterocycles. The highest BCUT2D eigenvalue weighted by atomic mass is 35.5. The standard InChI is InChI=1S/C13H13ClN2O2S/c1-16(10-11-5-4-8-15-9-11)19(17,18)13-7-3-2-6-12(13)14/h2-9H,10H2,1H3. The van der Waals surface area contributed by atoms with E-state index in [0.29, 0.717) is 0 Å². The summed E-state index contributed by atoms with van der Waals surface area (Å²) >= 11 is 5.94. The van der Waals surface area contributed by atoms with Crippen molar-refractivity contribution in [2.75, 3.05) is 7.05 Å². The van der Waals surface area contributed by atoms with Crippen LogP contribution in [0.5, 0.6) is 0 Å². The molecule has 0 unspecified atom stereocenters. The van der Waals surface area contributed by atoms with Gasteiger partial charge < -0.3 is 0 Å². The van der Waals surface area contributed by atoms with E-state index in [4.69, 9.17) is 11.6 Å². The summed E-state index contributed by atoms with van der Waals surface area (Å²) in [6.07, 6.45) is 3.28. The van der Waals surface area contributed by atoms with E-state index in [2.05, 4.69) is 4.98 Å². The first kappa shape index (κ1) is 14.0. The van der Waals surface area contributed by atoms with Gasteiger partial charge in [-0.1, -0.05) is 29.8 Å². The van der Waals surface area contributed by atoms with Crippen molar-refractivity contribution in [1.29, 1.82) is 0 Å². The zero-order valence-electron chi connectivity index (χ0n) is 10.3. The van der Waals surface area contributed by atoms with E-state index in [1.807, 2.05) is 6.07 Å². The van der Waals surface area contributed by atoms with Gasteiger partial charge in [0, 0.05) is 26.0 Å². The Balaban J connectivity index is 2.28. The van der Waals surface area contributed by atoms with Gasteiger partial charge >= 0.3 is 0 Å². The second-order valence-corrected chi connectivity index (χ2v) is 6.47. The van der Waals surface area contributed by atoms with E-state index in [9.17, 15) is 8.42 Å². The van der Waals surface area contributed by atoms with Crippen LogP contribution in [0.1, 0.15) is 5.56 Å². The summed E-state index contributed by atoms with van der Waals surface area (Å²) in [4.78, 5) is 4.08. The van der Waals surface area contributed by atoms with Crippen molar-refractivity contribution in [3.63, 3.8) is 0 Å². The quantitative estimate of drug-likeness (QED) is 0.871. The van der Waals surface area contributed by atoms with E-state index < -0.39 is 10.0 Å². The van der Waals surface area contributed by atoms with Crippen LogP contribution < -0.4 is 0 Å². The number of hydrogen-bond donors (Lipinski definition) is 0. The van der Waals surface area contributed by atoms with Gasteiger partial charge in [0.2, 0.25) is 10.0 Å². The molecular formula is C13H13ClN2O2S. The summed E-state index contributed by atoms with van der Waals surface area (Å²) in [7, 11) is -2.07. The Hall–Kier alpha value is -1.43. The van der Waals surface area contributed by atoms with Gasteiger partial charge in [0.05, 0.1) is 5.02 Å². The molecule has 0 atom stereocenters. The fourth-order valence-electron chi connectivity index (χ4n) is 1.66. The first-order valence-corrected chi connectivity index (χ1v) is 7.43. The highest BCUT2D eigenvalue weighted by Crippen LogP contribution is 2.24. The van der Waals surface area contributed by atoms with Crippen LogP contribution in [0.3, 0.4) is 0 Å². The molecule has 0 aliphatic heterocycles. The Morgan fingerprint density at radius 3 is 2.58 bits per heavy atom. The minimum absolute atomic E-state index is 0.114. The number of nitrogens with zero attached hydrogens (tertiary/aromatic N) is 2. The summed E-state index contributed by atoms with van der Waals surface area (Å²) in [5.74, 6) is 0. The van der Waals surface area contributed by atoms with Crippen LogP contribution in [0.2, 0.25) is 5.02 Å². The molecule has 1 aromatic heterocycles. The van der Waals surface area contributed by atoms with Gasteiger partial charge in [0.25, 0.3) is 0 Å². The van der Waals surface area contributed by atoms with Crippen LogP contribution >= 0.6 is 11.6 Å². The number of halogens is 1. The lowest BCUT2D eigenvalue weighted by atomic mass is 10.3.